The van der Waals surface area contributed by atoms with Crippen LogP contribution in [0, 0.1) is 12.3 Å². The molecule has 0 aliphatic rings. The van der Waals surface area contributed by atoms with E-state index >= 15 is 0 Å². The SMILES string of the molecule is Cc1ccc2oc(C(=O)N[C@H](C(=O)O)C(C)(C)C)cc2c1. The molecule has 0 saturated heterocycles. The smallest absolute Gasteiger partial charge is 0.326 e. The van der Waals surface area contributed by atoms with Crippen molar-refractivity contribution in [2.24, 2.45) is 5.41 Å². The van der Waals surface area contributed by atoms with E-state index in [1.165, 1.54) is 0 Å². The topological polar surface area (TPSA) is 79.5 Å². The van der Waals surface area contributed by atoms with Crippen LogP contribution in [-0.4, -0.2) is 23.0 Å². The number of hydrogen-bond donors (Lipinski definition) is 2. The first kappa shape index (κ1) is 15.1. The predicted octanol–water partition coefficient (Wildman–Crippen LogP) is 2.97. The first-order valence-corrected chi connectivity index (χ1v) is 6.72. The van der Waals surface area contributed by atoms with Crippen LogP contribution in [0.3, 0.4) is 0 Å². The number of carboxylic acid groups (broad SMARTS) is 1. The molecular weight excluding hydrogens is 270 g/mol. The Hall–Kier alpha value is -2.30. The van der Waals surface area contributed by atoms with Gasteiger partial charge < -0.3 is 14.8 Å². The summed E-state index contributed by atoms with van der Waals surface area (Å²) in [4.78, 5) is 23.5. The Morgan fingerprint density at radius 1 is 1.24 bits per heavy atom. The van der Waals surface area contributed by atoms with Crippen molar-refractivity contribution in [2.45, 2.75) is 33.7 Å². The number of amides is 1. The van der Waals surface area contributed by atoms with Crippen LogP contribution in [0.5, 0.6) is 0 Å². The Labute approximate surface area is 122 Å². The van der Waals surface area contributed by atoms with Gasteiger partial charge >= 0.3 is 5.97 Å². The molecule has 2 rings (SSSR count). The lowest BCUT2D eigenvalue weighted by atomic mass is 9.87. The fourth-order valence-electron chi connectivity index (χ4n) is 2.13. The summed E-state index contributed by atoms with van der Waals surface area (Å²) < 4.78 is 5.47. The van der Waals surface area contributed by atoms with Gasteiger partial charge in [-0.1, -0.05) is 32.4 Å². The summed E-state index contributed by atoms with van der Waals surface area (Å²) in [7, 11) is 0. The van der Waals surface area contributed by atoms with Gasteiger partial charge in [0.15, 0.2) is 5.76 Å². The van der Waals surface area contributed by atoms with Gasteiger partial charge in [-0.25, -0.2) is 4.79 Å². The molecule has 21 heavy (non-hydrogen) atoms. The molecule has 0 radical (unpaired) electrons. The minimum Gasteiger partial charge on any atom is -0.480 e. The van der Waals surface area contributed by atoms with E-state index in [2.05, 4.69) is 5.32 Å². The van der Waals surface area contributed by atoms with Crippen molar-refractivity contribution in [2.75, 3.05) is 0 Å². The van der Waals surface area contributed by atoms with Gasteiger partial charge in [-0.15, -0.1) is 0 Å². The van der Waals surface area contributed by atoms with Gasteiger partial charge in [0.25, 0.3) is 5.91 Å². The lowest BCUT2D eigenvalue weighted by Crippen LogP contribution is -2.49. The number of hydrogen-bond acceptors (Lipinski definition) is 3. The summed E-state index contributed by atoms with van der Waals surface area (Å²) in [6.45, 7) is 7.22. The molecule has 0 unspecified atom stereocenters. The van der Waals surface area contributed by atoms with E-state index in [-0.39, 0.29) is 5.76 Å². The molecule has 112 valence electrons. The Morgan fingerprint density at radius 3 is 2.48 bits per heavy atom. The molecule has 1 amide bonds. The minimum absolute atomic E-state index is 0.117. The number of aryl methyl sites for hydroxylation is 1. The predicted molar refractivity (Wildman–Crippen MR) is 79.3 cm³/mol. The van der Waals surface area contributed by atoms with Crippen molar-refractivity contribution in [1.82, 2.24) is 5.32 Å². The fourth-order valence-corrected chi connectivity index (χ4v) is 2.13. The van der Waals surface area contributed by atoms with Crippen LogP contribution in [0.1, 0.15) is 36.9 Å². The fraction of sp³-hybridized carbons (Fsp3) is 0.375. The lowest BCUT2D eigenvalue weighted by Gasteiger charge is -2.27. The summed E-state index contributed by atoms with van der Waals surface area (Å²) in [5, 5.41) is 12.6. The Morgan fingerprint density at radius 2 is 1.90 bits per heavy atom. The quantitative estimate of drug-likeness (QED) is 0.910. The summed E-state index contributed by atoms with van der Waals surface area (Å²) in [6, 6.07) is 6.23. The van der Waals surface area contributed by atoms with E-state index < -0.39 is 23.3 Å². The zero-order chi connectivity index (χ0) is 15.8. The summed E-state index contributed by atoms with van der Waals surface area (Å²) >= 11 is 0. The second-order valence-corrected chi connectivity index (χ2v) is 6.26. The number of carboxylic acids is 1. The number of aliphatic carboxylic acids is 1. The third-order valence-corrected chi connectivity index (χ3v) is 3.28. The summed E-state index contributed by atoms with van der Waals surface area (Å²) in [5.41, 5.74) is 1.08. The van der Waals surface area contributed by atoms with Crippen LogP contribution < -0.4 is 5.32 Å². The van der Waals surface area contributed by atoms with E-state index in [0.29, 0.717) is 5.58 Å². The van der Waals surface area contributed by atoms with Gasteiger partial charge in [0.05, 0.1) is 0 Å². The highest BCUT2D eigenvalue weighted by atomic mass is 16.4. The standard InChI is InChI=1S/C16H19NO4/c1-9-5-6-11-10(7-9)8-12(21-11)14(18)17-13(15(19)20)16(2,3)4/h5-8,13H,1-4H3,(H,17,18)(H,19,20)/t13-/m1/s1. The van der Waals surface area contributed by atoms with Gasteiger partial charge in [-0.3, -0.25) is 4.79 Å². The molecule has 0 saturated carbocycles. The van der Waals surface area contributed by atoms with E-state index in [1.807, 2.05) is 19.1 Å². The van der Waals surface area contributed by atoms with Crippen molar-refractivity contribution in [1.29, 1.82) is 0 Å². The highest BCUT2D eigenvalue weighted by Crippen LogP contribution is 2.23. The molecule has 0 aliphatic heterocycles. The third-order valence-electron chi connectivity index (χ3n) is 3.28. The molecule has 0 spiro atoms. The highest BCUT2D eigenvalue weighted by Gasteiger charge is 2.33. The third kappa shape index (κ3) is 3.24. The monoisotopic (exact) mass is 289 g/mol. The van der Waals surface area contributed by atoms with Crippen molar-refractivity contribution in [3.05, 3.63) is 35.6 Å². The van der Waals surface area contributed by atoms with E-state index in [1.54, 1.807) is 32.9 Å². The maximum absolute atomic E-state index is 12.2. The van der Waals surface area contributed by atoms with Crippen molar-refractivity contribution >= 4 is 22.8 Å². The molecule has 1 heterocycles. The molecule has 1 aromatic carbocycles. The molecule has 0 fully saturated rings. The van der Waals surface area contributed by atoms with Crippen LogP contribution in [-0.2, 0) is 4.79 Å². The average Bonchev–Trinajstić information content (AvgIpc) is 2.76. The number of rotatable bonds is 3. The number of carbonyl (C=O) groups excluding carboxylic acids is 1. The second kappa shape index (κ2) is 5.24. The number of benzene rings is 1. The first-order chi connectivity index (χ1) is 9.68. The Kier molecular flexibility index (Phi) is 3.77. The molecule has 5 nitrogen and oxygen atoms in total. The minimum atomic E-state index is -1.07. The molecular formula is C16H19NO4. The summed E-state index contributed by atoms with van der Waals surface area (Å²) in [6.07, 6.45) is 0. The zero-order valence-corrected chi connectivity index (χ0v) is 12.6. The number of fused-ring (bicyclic) bond motifs is 1. The molecule has 0 bridgehead atoms. The highest BCUT2D eigenvalue weighted by molar-refractivity contribution is 5.98. The van der Waals surface area contributed by atoms with Crippen LogP contribution >= 0.6 is 0 Å². The van der Waals surface area contributed by atoms with Crippen LogP contribution in [0.4, 0.5) is 0 Å². The Balaban J connectivity index is 2.27. The first-order valence-electron chi connectivity index (χ1n) is 6.72. The number of furan rings is 1. The van der Waals surface area contributed by atoms with E-state index in [0.717, 1.165) is 10.9 Å². The largest absolute Gasteiger partial charge is 0.480 e. The van der Waals surface area contributed by atoms with Crippen molar-refractivity contribution in [3.8, 4) is 0 Å². The molecule has 5 heteroatoms. The average molecular weight is 289 g/mol. The summed E-state index contributed by atoms with van der Waals surface area (Å²) in [5.74, 6) is -1.47. The van der Waals surface area contributed by atoms with Gasteiger partial charge in [-0.2, -0.15) is 0 Å². The van der Waals surface area contributed by atoms with Crippen LogP contribution in [0.15, 0.2) is 28.7 Å². The van der Waals surface area contributed by atoms with Crippen LogP contribution in [0.25, 0.3) is 11.0 Å². The molecule has 1 aromatic heterocycles. The zero-order valence-electron chi connectivity index (χ0n) is 12.6. The van der Waals surface area contributed by atoms with Gasteiger partial charge in [-0.05, 0) is 30.5 Å². The number of carbonyl (C=O) groups is 2. The van der Waals surface area contributed by atoms with Gasteiger partial charge in [0, 0.05) is 5.39 Å². The molecule has 0 aliphatic carbocycles. The van der Waals surface area contributed by atoms with Gasteiger partial charge in [0.2, 0.25) is 0 Å². The second-order valence-electron chi connectivity index (χ2n) is 6.26. The lowest BCUT2D eigenvalue weighted by molar-refractivity contribution is -0.142. The molecule has 2 N–H and O–H groups in total. The maximum Gasteiger partial charge on any atom is 0.326 e. The Bertz CT molecular complexity index is 694. The van der Waals surface area contributed by atoms with Crippen molar-refractivity contribution in [3.63, 3.8) is 0 Å². The van der Waals surface area contributed by atoms with E-state index in [4.69, 9.17) is 4.42 Å². The molecule has 2 aromatic rings. The maximum atomic E-state index is 12.2. The van der Waals surface area contributed by atoms with Crippen LogP contribution in [0.2, 0.25) is 0 Å². The van der Waals surface area contributed by atoms with Crippen molar-refractivity contribution < 1.29 is 19.1 Å². The normalized spacial score (nSPS) is 13.1. The number of nitrogens with one attached hydrogen (secondary N) is 1. The molecule has 1 atom stereocenters. The van der Waals surface area contributed by atoms with E-state index in [9.17, 15) is 14.7 Å². The van der Waals surface area contributed by atoms with Gasteiger partial charge in [0.1, 0.15) is 11.6 Å².